The summed E-state index contributed by atoms with van der Waals surface area (Å²) in [4.78, 5) is 11.8. The Morgan fingerprint density at radius 2 is 1.95 bits per heavy atom. The van der Waals surface area contributed by atoms with Crippen LogP contribution in [0.25, 0.3) is 0 Å². The Morgan fingerprint density at radius 3 is 2.58 bits per heavy atom. The molecule has 1 aromatic rings. The van der Waals surface area contributed by atoms with Crippen LogP contribution in [0.4, 0.5) is 5.69 Å². The summed E-state index contributed by atoms with van der Waals surface area (Å²) in [6.45, 7) is 2.63. The molecule has 0 aliphatic heterocycles. The second-order valence-corrected chi connectivity index (χ2v) is 4.50. The smallest absolute Gasteiger partial charge is 0.340 e. The third-order valence-electron chi connectivity index (χ3n) is 2.96. The first kappa shape index (κ1) is 15.3. The van der Waals surface area contributed by atoms with Crippen LogP contribution in [-0.2, 0) is 4.74 Å². The maximum Gasteiger partial charge on any atom is 0.340 e. The van der Waals surface area contributed by atoms with Crippen molar-refractivity contribution < 1.29 is 14.3 Å². The van der Waals surface area contributed by atoms with Crippen molar-refractivity contribution in [1.82, 2.24) is 0 Å². The number of ether oxygens (including phenoxy) is 2. The predicted octanol–water partition coefficient (Wildman–Crippen LogP) is 3.40. The summed E-state index contributed by atoms with van der Waals surface area (Å²) in [7, 11) is 1.56. The normalized spacial score (nSPS) is 10.2. The van der Waals surface area contributed by atoms with Crippen molar-refractivity contribution in [2.45, 2.75) is 39.0 Å². The molecular formula is C15H23NO3. The molecule has 0 radical (unpaired) electrons. The molecule has 0 saturated carbocycles. The van der Waals surface area contributed by atoms with Crippen molar-refractivity contribution in [3.05, 3.63) is 23.8 Å². The van der Waals surface area contributed by atoms with Gasteiger partial charge in [0.25, 0.3) is 0 Å². The van der Waals surface area contributed by atoms with Gasteiger partial charge in [-0.3, -0.25) is 0 Å². The van der Waals surface area contributed by atoms with Crippen LogP contribution in [0.3, 0.4) is 0 Å². The molecule has 4 nitrogen and oxygen atoms in total. The van der Waals surface area contributed by atoms with Gasteiger partial charge in [0.2, 0.25) is 0 Å². The lowest BCUT2D eigenvalue weighted by Crippen LogP contribution is -2.09. The van der Waals surface area contributed by atoms with Crippen molar-refractivity contribution >= 4 is 11.7 Å². The fourth-order valence-electron chi connectivity index (χ4n) is 1.80. The summed E-state index contributed by atoms with van der Waals surface area (Å²) in [6.07, 6.45) is 5.64. The molecule has 0 unspecified atom stereocenters. The second-order valence-electron chi connectivity index (χ2n) is 4.50. The summed E-state index contributed by atoms with van der Waals surface area (Å²) >= 11 is 0. The largest absolute Gasteiger partial charge is 0.497 e. The zero-order valence-corrected chi connectivity index (χ0v) is 11.8. The zero-order valence-electron chi connectivity index (χ0n) is 11.8. The molecule has 106 valence electrons. The van der Waals surface area contributed by atoms with Gasteiger partial charge in [0, 0.05) is 11.8 Å². The van der Waals surface area contributed by atoms with E-state index in [-0.39, 0.29) is 5.97 Å². The number of rotatable bonds is 8. The van der Waals surface area contributed by atoms with Gasteiger partial charge < -0.3 is 15.2 Å². The van der Waals surface area contributed by atoms with E-state index in [1.54, 1.807) is 25.3 Å². The summed E-state index contributed by atoms with van der Waals surface area (Å²) in [5, 5.41) is 0. The highest BCUT2D eigenvalue weighted by atomic mass is 16.5. The van der Waals surface area contributed by atoms with Gasteiger partial charge >= 0.3 is 5.97 Å². The highest BCUT2D eigenvalue weighted by Crippen LogP contribution is 2.20. The number of carbonyl (C=O) groups excluding carboxylic acids is 1. The van der Waals surface area contributed by atoms with Crippen LogP contribution in [-0.4, -0.2) is 19.7 Å². The minimum Gasteiger partial charge on any atom is -0.497 e. The summed E-state index contributed by atoms with van der Waals surface area (Å²) in [5.74, 6) is 0.268. The second kappa shape index (κ2) is 8.40. The Kier molecular flexibility index (Phi) is 6.79. The third kappa shape index (κ3) is 5.20. The van der Waals surface area contributed by atoms with E-state index in [0.29, 0.717) is 23.6 Å². The number of carbonyl (C=O) groups is 1. The van der Waals surface area contributed by atoms with Gasteiger partial charge in [-0.2, -0.15) is 0 Å². The van der Waals surface area contributed by atoms with E-state index in [0.717, 1.165) is 12.8 Å². The van der Waals surface area contributed by atoms with Gasteiger partial charge in [-0.25, -0.2) is 4.79 Å². The number of methoxy groups -OCH3 is 1. The van der Waals surface area contributed by atoms with Crippen LogP contribution in [0.15, 0.2) is 18.2 Å². The lowest BCUT2D eigenvalue weighted by molar-refractivity contribution is 0.0499. The van der Waals surface area contributed by atoms with E-state index in [1.807, 2.05) is 0 Å². The first-order chi connectivity index (χ1) is 9.19. The minimum atomic E-state index is -0.365. The van der Waals surface area contributed by atoms with Crippen molar-refractivity contribution in [2.75, 3.05) is 19.5 Å². The Bertz CT molecular complexity index is 404. The molecule has 0 saturated heterocycles. The van der Waals surface area contributed by atoms with E-state index in [4.69, 9.17) is 15.2 Å². The first-order valence-corrected chi connectivity index (χ1v) is 6.79. The Balaban J connectivity index is 2.37. The van der Waals surface area contributed by atoms with Crippen LogP contribution < -0.4 is 10.5 Å². The van der Waals surface area contributed by atoms with Crippen molar-refractivity contribution in [2.24, 2.45) is 0 Å². The maximum absolute atomic E-state index is 11.8. The molecule has 0 bridgehead atoms. The predicted molar refractivity (Wildman–Crippen MR) is 76.4 cm³/mol. The first-order valence-electron chi connectivity index (χ1n) is 6.79. The number of anilines is 1. The molecular weight excluding hydrogens is 242 g/mol. The number of nitrogen functional groups attached to an aromatic ring is 1. The fraction of sp³-hybridized carbons (Fsp3) is 0.533. The van der Waals surface area contributed by atoms with Gasteiger partial charge in [0.05, 0.1) is 19.3 Å². The number of esters is 1. The monoisotopic (exact) mass is 265 g/mol. The van der Waals surface area contributed by atoms with Gasteiger partial charge in [-0.15, -0.1) is 0 Å². The van der Waals surface area contributed by atoms with Gasteiger partial charge in [0.15, 0.2) is 0 Å². The summed E-state index contributed by atoms with van der Waals surface area (Å²) < 4.78 is 10.2. The molecule has 0 fully saturated rings. The van der Waals surface area contributed by atoms with Crippen molar-refractivity contribution in [3.63, 3.8) is 0 Å². The van der Waals surface area contributed by atoms with Crippen LogP contribution in [0.2, 0.25) is 0 Å². The highest BCUT2D eigenvalue weighted by Gasteiger charge is 2.11. The fourth-order valence-corrected chi connectivity index (χ4v) is 1.80. The van der Waals surface area contributed by atoms with Crippen LogP contribution in [0.5, 0.6) is 5.75 Å². The number of unbranched alkanes of at least 4 members (excludes halogenated alkanes) is 4. The van der Waals surface area contributed by atoms with Crippen molar-refractivity contribution in [1.29, 1.82) is 0 Å². The van der Waals surface area contributed by atoms with Crippen molar-refractivity contribution in [3.8, 4) is 5.75 Å². The van der Waals surface area contributed by atoms with Crippen LogP contribution in [0, 0.1) is 0 Å². The zero-order chi connectivity index (χ0) is 14.1. The lowest BCUT2D eigenvalue weighted by Gasteiger charge is -2.08. The Hall–Kier alpha value is -1.71. The molecule has 0 aliphatic rings. The lowest BCUT2D eigenvalue weighted by atomic mass is 10.1. The summed E-state index contributed by atoms with van der Waals surface area (Å²) in [6, 6.07) is 4.96. The molecule has 19 heavy (non-hydrogen) atoms. The molecule has 2 N–H and O–H groups in total. The molecule has 1 rings (SSSR count). The average molecular weight is 265 g/mol. The molecule has 1 aromatic carbocycles. The van der Waals surface area contributed by atoms with Crippen LogP contribution >= 0.6 is 0 Å². The van der Waals surface area contributed by atoms with E-state index in [1.165, 1.54) is 19.3 Å². The molecule has 0 aliphatic carbocycles. The molecule has 0 aromatic heterocycles. The molecule has 0 spiro atoms. The number of benzene rings is 1. The molecule has 4 heteroatoms. The van der Waals surface area contributed by atoms with Crippen LogP contribution in [0.1, 0.15) is 49.4 Å². The number of hydrogen-bond acceptors (Lipinski definition) is 4. The maximum atomic E-state index is 11.8. The minimum absolute atomic E-state index is 0.365. The van der Waals surface area contributed by atoms with E-state index in [9.17, 15) is 4.79 Å². The number of nitrogens with two attached hydrogens (primary N) is 1. The SMILES string of the molecule is CCCCCCCOC(=O)c1ccc(OC)cc1N. The van der Waals surface area contributed by atoms with E-state index < -0.39 is 0 Å². The van der Waals surface area contributed by atoms with Gasteiger partial charge in [-0.1, -0.05) is 32.6 Å². The van der Waals surface area contributed by atoms with Gasteiger partial charge in [0.1, 0.15) is 5.75 Å². The molecule has 0 atom stereocenters. The Labute approximate surface area is 114 Å². The quantitative estimate of drug-likeness (QED) is 0.444. The summed E-state index contributed by atoms with van der Waals surface area (Å²) in [5.41, 5.74) is 6.57. The molecule has 0 amide bonds. The van der Waals surface area contributed by atoms with E-state index >= 15 is 0 Å². The topological polar surface area (TPSA) is 61.5 Å². The average Bonchev–Trinajstić information content (AvgIpc) is 2.42. The van der Waals surface area contributed by atoms with Gasteiger partial charge in [-0.05, 0) is 18.6 Å². The standard InChI is InChI=1S/C15H23NO3/c1-3-4-5-6-7-10-19-15(17)13-9-8-12(18-2)11-14(13)16/h8-9,11H,3-7,10,16H2,1-2H3. The van der Waals surface area contributed by atoms with E-state index in [2.05, 4.69) is 6.92 Å². The molecule has 0 heterocycles. The Morgan fingerprint density at radius 1 is 1.21 bits per heavy atom. The third-order valence-corrected chi connectivity index (χ3v) is 2.96. The highest BCUT2D eigenvalue weighted by molar-refractivity contribution is 5.95. The number of hydrogen-bond donors (Lipinski definition) is 1.